The number of nitrogens with zero attached hydrogens (tertiary/aromatic N) is 2. The standard InChI is InChI=1S/C12H20IN3O/c1-5-6-9-11(13)12(14-3)16-10(15-9)7-8(2)17-4/h8H,5-7H2,1-4H3,(H,14,15,16). The quantitative estimate of drug-likeness (QED) is 0.803. The first-order valence-corrected chi connectivity index (χ1v) is 6.96. The Hall–Kier alpha value is -0.430. The minimum atomic E-state index is 0.147. The summed E-state index contributed by atoms with van der Waals surface area (Å²) in [6.07, 6.45) is 2.98. The highest BCUT2D eigenvalue weighted by Gasteiger charge is 2.12. The highest BCUT2D eigenvalue weighted by atomic mass is 127. The summed E-state index contributed by atoms with van der Waals surface area (Å²) in [4.78, 5) is 9.13. The molecule has 0 spiro atoms. The van der Waals surface area contributed by atoms with E-state index in [0.717, 1.165) is 40.2 Å². The molecule has 0 aliphatic carbocycles. The largest absolute Gasteiger partial charge is 0.381 e. The maximum atomic E-state index is 5.26. The Morgan fingerprint density at radius 3 is 2.65 bits per heavy atom. The van der Waals surface area contributed by atoms with Crippen molar-refractivity contribution in [2.24, 2.45) is 0 Å². The summed E-state index contributed by atoms with van der Waals surface area (Å²) in [5, 5.41) is 3.13. The first kappa shape index (κ1) is 14.6. The molecule has 96 valence electrons. The molecule has 0 amide bonds. The summed E-state index contributed by atoms with van der Waals surface area (Å²) in [5.74, 6) is 1.77. The number of halogens is 1. The van der Waals surface area contributed by atoms with E-state index in [-0.39, 0.29) is 6.10 Å². The lowest BCUT2D eigenvalue weighted by Gasteiger charge is -2.13. The number of anilines is 1. The van der Waals surface area contributed by atoms with E-state index < -0.39 is 0 Å². The Labute approximate surface area is 117 Å². The predicted octanol–water partition coefficient (Wildman–Crippen LogP) is 2.65. The van der Waals surface area contributed by atoms with E-state index in [1.807, 2.05) is 14.0 Å². The predicted molar refractivity (Wildman–Crippen MR) is 78.5 cm³/mol. The smallest absolute Gasteiger partial charge is 0.143 e. The number of aryl methyl sites for hydroxylation is 1. The lowest BCUT2D eigenvalue weighted by atomic mass is 10.2. The molecule has 0 aliphatic heterocycles. The second-order valence-electron chi connectivity index (χ2n) is 4.00. The third-order valence-electron chi connectivity index (χ3n) is 2.56. The van der Waals surface area contributed by atoms with Crippen molar-refractivity contribution in [1.82, 2.24) is 9.97 Å². The molecule has 0 aliphatic rings. The normalized spacial score (nSPS) is 12.5. The van der Waals surface area contributed by atoms with Crippen LogP contribution in [0.4, 0.5) is 5.82 Å². The van der Waals surface area contributed by atoms with Gasteiger partial charge in [0.05, 0.1) is 15.4 Å². The molecule has 1 N–H and O–H groups in total. The first-order chi connectivity index (χ1) is 8.12. The zero-order chi connectivity index (χ0) is 12.8. The highest BCUT2D eigenvalue weighted by molar-refractivity contribution is 14.1. The van der Waals surface area contributed by atoms with E-state index in [9.17, 15) is 0 Å². The van der Waals surface area contributed by atoms with E-state index in [1.165, 1.54) is 0 Å². The van der Waals surface area contributed by atoms with Crippen LogP contribution in [-0.4, -0.2) is 30.2 Å². The van der Waals surface area contributed by atoms with Crippen LogP contribution in [0.3, 0.4) is 0 Å². The molecular weight excluding hydrogens is 329 g/mol. The van der Waals surface area contributed by atoms with Gasteiger partial charge in [-0.3, -0.25) is 0 Å². The summed E-state index contributed by atoms with van der Waals surface area (Å²) in [6.45, 7) is 4.19. The van der Waals surface area contributed by atoms with Crippen molar-refractivity contribution in [3.8, 4) is 0 Å². The van der Waals surface area contributed by atoms with Crippen molar-refractivity contribution in [2.45, 2.75) is 39.2 Å². The van der Waals surface area contributed by atoms with Gasteiger partial charge in [-0.25, -0.2) is 9.97 Å². The van der Waals surface area contributed by atoms with Gasteiger partial charge in [0.2, 0.25) is 0 Å². The summed E-state index contributed by atoms with van der Waals surface area (Å²) >= 11 is 2.31. The molecule has 5 heteroatoms. The third kappa shape index (κ3) is 4.06. The van der Waals surface area contributed by atoms with Crippen LogP contribution in [0.2, 0.25) is 0 Å². The van der Waals surface area contributed by atoms with Gasteiger partial charge in [0, 0.05) is 20.6 Å². The molecule has 1 aromatic rings. The Kier molecular flexibility index (Phi) is 6.11. The van der Waals surface area contributed by atoms with Crippen LogP contribution in [-0.2, 0) is 17.6 Å². The molecule has 0 saturated heterocycles. The highest BCUT2D eigenvalue weighted by Crippen LogP contribution is 2.20. The molecule has 4 nitrogen and oxygen atoms in total. The summed E-state index contributed by atoms with van der Waals surface area (Å²) in [6, 6.07) is 0. The molecule has 1 unspecified atom stereocenters. The number of methoxy groups -OCH3 is 1. The summed E-state index contributed by atoms with van der Waals surface area (Å²) < 4.78 is 6.38. The van der Waals surface area contributed by atoms with Crippen LogP contribution in [0.25, 0.3) is 0 Å². The molecular formula is C12H20IN3O. The van der Waals surface area contributed by atoms with Crippen molar-refractivity contribution in [3.05, 3.63) is 15.1 Å². The van der Waals surface area contributed by atoms with E-state index in [4.69, 9.17) is 4.74 Å². The second-order valence-corrected chi connectivity index (χ2v) is 5.08. The van der Waals surface area contributed by atoms with Crippen LogP contribution in [0.15, 0.2) is 0 Å². The Bertz CT molecular complexity index is 371. The van der Waals surface area contributed by atoms with Crippen molar-refractivity contribution in [3.63, 3.8) is 0 Å². The lowest BCUT2D eigenvalue weighted by Crippen LogP contribution is -2.14. The van der Waals surface area contributed by atoms with Gasteiger partial charge in [-0.15, -0.1) is 0 Å². The number of rotatable bonds is 6. The van der Waals surface area contributed by atoms with E-state index in [2.05, 4.69) is 44.8 Å². The number of nitrogens with one attached hydrogen (secondary N) is 1. The van der Waals surface area contributed by atoms with Crippen LogP contribution in [0, 0.1) is 3.57 Å². The van der Waals surface area contributed by atoms with Gasteiger partial charge in [-0.2, -0.15) is 0 Å². The first-order valence-electron chi connectivity index (χ1n) is 5.88. The van der Waals surface area contributed by atoms with Crippen molar-refractivity contribution in [2.75, 3.05) is 19.5 Å². The molecule has 0 radical (unpaired) electrons. The van der Waals surface area contributed by atoms with Crippen LogP contribution in [0.1, 0.15) is 31.8 Å². The lowest BCUT2D eigenvalue weighted by molar-refractivity contribution is 0.117. The monoisotopic (exact) mass is 349 g/mol. The zero-order valence-corrected chi connectivity index (χ0v) is 13.0. The van der Waals surface area contributed by atoms with E-state index >= 15 is 0 Å². The van der Waals surface area contributed by atoms with Crippen LogP contribution >= 0.6 is 22.6 Å². The molecule has 1 rings (SSSR count). The molecule has 17 heavy (non-hydrogen) atoms. The number of aromatic nitrogens is 2. The maximum Gasteiger partial charge on any atom is 0.143 e. The van der Waals surface area contributed by atoms with Gasteiger partial charge in [-0.05, 0) is 35.9 Å². The average molecular weight is 349 g/mol. The number of hydrogen-bond donors (Lipinski definition) is 1. The minimum Gasteiger partial charge on any atom is -0.381 e. The van der Waals surface area contributed by atoms with Gasteiger partial charge in [0.25, 0.3) is 0 Å². The Morgan fingerprint density at radius 2 is 2.12 bits per heavy atom. The number of hydrogen-bond acceptors (Lipinski definition) is 4. The van der Waals surface area contributed by atoms with Gasteiger partial charge in [0.1, 0.15) is 11.6 Å². The van der Waals surface area contributed by atoms with Crippen molar-refractivity contribution in [1.29, 1.82) is 0 Å². The summed E-state index contributed by atoms with van der Waals surface area (Å²) in [7, 11) is 3.60. The molecule has 1 aromatic heterocycles. The second kappa shape index (κ2) is 7.10. The third-order valence-corrected chi connectivity index (χ3v) is 3.70. The zero-order valence-electron chi connectivity index (χ0n) is 10.9. The molecule has 0 saturated carbocycles. The summed E-state index contributed by atoms with van der Waals surface area (Å²) in [5.41, 5.74) is 1.13. The Morgan fingerprint density at radius 1 is 1.41 bits per heavy atom. The molecule has 1 atom stereocenters. The topological polar surface area (TPSA) is 47.0 Å². The SMILES string of the molecule is CCCc1nc(CC(C)OC)nc(NC)c1I. The van der Waals surface area contributed by atoms with E-state index in [0.29, 0.717) is 0 Å². The fraction of sp³-hybridized carbons (Fsp3) is 0.667. The molecule has 0 bridgehead atoms. The van der Waals surface area contributed by atoms with Crippen molar-refractivity contribution < 1.29 is 4.74 Å². The van der Waals surface area contributed by atoms with Gasteiger partial charge >= 0.3 is 0 Å². The van der Waals surface area contributed by atoms with E-state index in [1.54, 1.807) is 7.11 Å². The van der Waals surface area contributed by atoms with Crippen LogP contribution < -0.4 is 5.32 Å². The minimum absolute atomic E-state index is 0.147. The maximum absolute atomic E-state index is 5.26. The van der Waals surface area contributed by atoms with Gasteiger partial charge in [0.15, 0.2) is 0 Å². The Balaban J connectivity index is 3.02. The fourth-order valence-corrected chi connectivity index (χ4v) is 2.33. The van der Waals surface area contributed by atoms with Gasteiger partial charge < -0.3 is 10.1 Å². The number of ether oxygens (including phenoxy) is 1. The molecule has 1 heterocycles. The molecule has 0 fully saturated rings. The van der Waals surface area contributed by atoms with Crippen LogP contribution in [0.5, 0.6) is 0 Å². The van der Waals surface area contributed by atoms with Gasteiger partial charge in [-0.1, -0.05) is 13.3 Å². The average Bonchev–Trinajstić information content (AvgIpc) is 2.33. The fourth-order valence-electron chi connectivity index (χ4n) is 1.54. The van der Waals surface area contributed by atoms with Crippen molar-refractivity contribution >= 4 is 28.4 Å². The molecule has 0 aromatic carbocycles.